The Kier molecular flexibility index (Phi) is 7.30. The molecular weight excluding hydrogens is 392 g/mol. The van der Waals surface area contributed by atoms with Crippen LogP contribution in [-0.4, -0.2) is 53.1 Å². The number of ether oxygens (including phenoxy) is 1. The van der Waals surface area contributed by atoms with E-state index in [1.54, 1.807) is 19.4 Å². The predicted molar refractivity (Wildman–Crippen MR) is 115 cm³/mol. The molecule has 0 amide bonds. The lowest BCUT2D eigenvalue weighted by Crippen LogP contribution is -2.33. The van der Waals surface area contributed by atoms with E-state index in [9.17, 15) is 10.2 Å². The van der Waals surface area contributed by atoms with Gasteiger partial charge in [-0.05, 0) is 30.5 Å². The summed E-state index contributed by atoms with van der Waals surface area (Å²) in [6.07, 6.45) is 5.32. The van der Waals surface area contributed by atoms with Crippen molar-refractivity contribution in [3.05, 3.63) is 53.2 Å². The largest absolute Gasteiger partial charge is 0.495 e. The Labute approximate surface area is 176 Å². The molecule has 1 saturated heterocycles. The Morgan fingerprint density at radius 1 is 1.45 bits per heavy atom. The number of methoxy groups -OCH3 is 1. The maximum absolute atomic E-state index is 9.71. The number of nitrogens with zero attached hydrogens (tertiary/aromatic N) is 3. The second-order valence-electron chi connectivity index (χ2n) is 6.99. The second kappa shape index (κ2) is 9.91. The highest BCUT2D eigenvalue weighted by molar-refractivity contribution is 6.32. The van der Waals surface area contributed by atoms with E-state index in [1.807, 2.05) is 23.1 Å². The normalized spacial score (nSPS) is 17.2. The predicted octanol–water partition coefficient (Wildman–Crippen LogP) is 2.97. The molecule has 0 saturated carbocycles. The summed E-state index contributed by atoms with van der Waals surface area (Å²) in [5.74, 6) is 1.54. The van der Waals surface area contributed by atoms with Crippen molar-refractivity contribution in [2.24, 2.45) is 0 Å². The highest BCUT2D eigenvalue weighted by atomic mass is 35.5. The van der Waals surface area contributed by atoms with E-state index in [0.717, 1.165) is 30.5 Å². The van der Waals surface area contributed by atoms with Crippen molar-refractivity contribution in [3.8, 4) is 5.75 Å². The summed E-state index contributed by atoms with van der Waals surface area (Å²) in [6.45, 7) is 5.09. The van der Waals surface area contributed by atoms with Crippen LogP contribution in [0.5, 0.6) is 5.75 Å². The third-order valence-corrected chi connectivity index (χ3v) is 5.50. The van der Waals surface area contributed by atoms with Crippen molar-refractivity contribution < 1.29 is 14.9 Å². The van der Waals surface area contributed by atoms with Gasteiger partial charge in [0, 0.05) is 30.8 Å². The van der Waals surface area contributed by atoms with Gasteiger partial charge in [-0.2, -0.15) is 4.98 Å². The smallest absolute Gasteiger partial charge is 0.227 e. The van der Waals surface area contributed by atoms with Crippen LogP contribution in [0.2, 0.25) is 5.02 Å². The van der Waals surface area contributed by atoms with E-state index >= 15 is 0 Å². The molecule has 1 aromatic heterocycles. The number of hydrogen-bond donors (Lipinski definition) is 3. The molecule has 2 atom stereocenters. The van der Waals surface area contributed by atoms with Crippen LogP contribution >= 0.6 is 11.6 Å². The Morgan fingerprint density at radius 2 is 2.28 bits per heavy atom. The molecule has 7 nitrogen and oxygen atoms in total. The summed E-state index contributed by atoms with van der Waals surface area (Å²) in [5, 5.41) is 23.2. The Bertz CT molecular complexity index is 849. The average Bonchev–Trinajstić information content (AvgIpc) is 3.22. The van der Waals surface area contributed by atoms with Crippen LogP contribution in [-0.2, 0) is 6.54 Å². The van der Waals surface area contributed by atoms with Crippen molar-refractivity contribution in [1.82, 2.24) is 9.97 Å². The van der Waals surface area contributed by atoms with Gasteiger partial charge >= 0.3 is 0 Å². The number of aliphatic hydroxyl groups excluding tert-OH is 2. The molecule has 2 unspecified atom stereocenters. The zero-order valence-corrected chi connectivity index (χ0v) is 17.3. The lowest BCUT2D eigenvalue weighted by molar-refractivity contribution is 0.265. The van der Waals surface area contributed by atoms with E-state index in [4.69, 9.17) is 21.3 Å². The molecule has 3 rings (SSSR count). The van der Waals surface area contributed by atoms with E-state index in [1.165, 1.54) is 0 Å². The first-order chi connectivity index (χ1) is 14.1. The number of nitrogens with one attached hydrogen (secondary N) is 1. The van der Waals surface area contributed by atoms with Crippen LogP contribution in [0, 0.1) is 0 Å². The molecule has 3 N–H and O–H groups in total. The van der Waals surface area contributed by atoms with E-state index in [2.05, 4.69) is 16.9 Å². The lowest BCUT2D eigenvalue weighted by atomic mass is 10.0. The molecular formula is C21H27ClN4O3. The number of benzene rings is 1. The van der Waals surface area contributed by atoms with Crippen LogP contribution in [0.15, 0.2) is 37.1 Å². The van der Waals surface area contributed by atoms with E-state index < -0.39 is 0 Å². The van der Waals surface area contributed by atoms with Gasteiger partial charge in [0.05, 0.1) is 31.4 Å². The van der Waals surface area contributed by atoms with Crippen molar-refractivity contribution in [2.45, 2.75) is 31.3 Å². The molecule has 29 heavy (non-hydrogen) atoms. The number of anilines is 2. The molecule has 1 aliphatic heterocycles. The first kappa shape index (κ1) is 21.4. The summed E-state index contributed by atoms with van der Waals surface area (Å²) in [5.41, 5.74) is 1.74. The summed E-state index contributed by atoms with van der Waals surface area (Å²) in [6, 6.07) is 5.62. The quantitative estimate of drug-likeness (QED) is 0.539. The molecule has 0 spiro atoms. The fraction of sp³-hybridized carbons (Fsp3) is 0.429. The molecule has 1 aliphatic rings. The fourth-order valence-corrected chi connectivity index (χ4v) is 3.81. The molecule has 2 aromatic rings. The van der Waals surface area contributed by atoms with Gasteiger partial charge in [0.1, 0.15) is 11.6 Å². The average molecular weight is 419 g/mol. The van der Waals surface area contributed by atoms with E-state index in [0.29, 0.717) is 29.1 Å². The molecule has 1 aromatic carbocycles. The van der Waals surface area contributed by atoms with Crippen molar-refractivity contribution in [1.29, 1.82) is 0 Å². The fourth-order valence-electron chi connectivity index (χ4n) is 3.53. The molecule has 8 heteroatoms. The third-order valence-electron chi connectivity index (χ3n) is 5.21. The first-order valence-corrected chi connectivity index (χ1v) is 10.0. The van der Waals surface area contributed by atoms with Gasteiger partial charge in [0.2, 0.25) is 5.95 Å². The second-order valence-corrected chi connectivity index (χ2v) is 7.40. The molecule has 0 bridgehead atoms. The molecule has 1 fully saturated rings. The van der Waals surface area contributed by atoms with Gasteiger partial charge in [0.15, 0.2) is 0 Å². The molecule has 156 valence electrons. The Hall–Kier alpha value is -2.35. The Morgan fingerprint density at radius 3 is 2.93 bits per heavy atom. The maximum atomic E-state index is 9.71. The summed E-state index contributed by atoms with van der Waals surface area (Å²) >= 11 is 6.23. The van der Waals surface area contributed by atoms with E-state index in [-0.39, 0.29) is 25.2 Å². The Balaban J connectivity index is 1.87. The molecule has 0 aliphatic carbocycles. The summed E-state index contributed by atoms with van der Waals surface area (Å²) in [4.78, 5) is 11.2. The number of aliphatic hydroxyl groups is 2. The van der Waals surface area contributed by atoms with Crippen molar-refractivity contribution >= 4 is 23.4 Å². The van der Waals surface area contributed by atoms with Crippen molar-refractivity contribution in [2.75, 3.05) is 37.1 Å². The molecule has 0 radical (unpaired) electrons. The summed E-state index contributed by atoms with van der Waals surface area (Å²) in [7, 11) is 1.58. The minimum absolute atomic E-state index is 0.0298. The zero-order valence-electron chi connectivity index (χ0n) is 16.5. The topological polar surface area (TPSA) is 90.7 Å². The minimum Gasteiger partial charge on any atom is -0.495 e. The lowest BCUT2D eigenvalue weighted by Gasteiger charge is -2.24. The number of halogens is 1. The maximum Gasteiger partial charge on any atom is 0.227 e. The highest BCUT2D eigenvalue weighted by Crippen LogP contribution is 2.29. The standard InChI is InChI=1S/C21H27ClN4O3/c1-3-15(12-27)17-11-24-21(26-8-4-5-16(26)13-28)25-20(17)23-10-14-6-7-19(29-2)18(22)9-14/h3,6-7,9,11,15-16,27-28H,1,4-5,8,10,12-13H2,2H3,(H,23,24,25). The first-order valence-electron chi connectivity index (χ1n) is 9.65. The molecule has 2 heterocycles. The minimum atomic E-state index is -0.279. The van der Waals surface area contributed by atoms with Crippen LogP contribution in [0.4, 0.5) is 11.8 Å². The number of hydrogen-bond acceptors (Lipinski definition) is 7. The number of aromatic nitrogens is 2. The third kappa shape index (κ3) is 4.80. The van der Waals surface area contributed by atoms with Gasteiger partial charge in [0.25, 0.3) is 0 Å². The SMILES string of the molecule is C=CC(CO)c1cnc(N2CCCC2CO)nc1NCc1ccc(OC)c(Cl)c1. The van der Waals surface area contributed by atoms with Gasteiger partial charge in [-0.1, -0.05) is 23.7 Å². The van der Waals surface area contributed by atoms with Crippen LogP contribution in [0.3, 0.4) is 0 Å². The van der Waals surface area contributed by atoms with Gasteiger partial charge in [-0.15, -0.1) is 6.58 Å². The monoisotopic (exact) mass is 418 g/mol. The van der Waals surface area contributed by atoms with Gasteiger partial charge < -0.3 is 25.2 Å². The zero-order chi connectivity index (χ0) is 20.8. The van der Waals surface area contributed by atoms with Crippen LogP contribution in [0.25, 0.3) is 0 Å². The highest BCUT2D eigenvalue weighted by Gasteiger charge is 2.27. The van der Waals surface area contributed by atoms with Crippen molar-refractivity contribution in [3.63, 3.8) is 0 Å². The summed E-state index contributed by atoms with van der Waals surface area (Å²) < 4.78 is 5.20. The number of rotatable bonds is 9. The van der Waals surface area contributed by atoms with Gasteiger partial charge in [-0.3, -0.25) is 0 Å². The van der Waals surface area contributed by atoms with Crippen LogP contribution < -0.4 is 15.0 Å². The van der Waals surface area contributed by atoms with Crippen LogP contribution in [0.1, 0.15) is 29.9 Å². The van der Waals surface area contributed by atoms with Gasteiger partial charge in [-0.25, -0.2) is 4.98 Å².